The molecule has 116 valence electrons. The Kier molecular flexibility index (Phi) is 4.59. The molecule has 1 N–H and O–H groups in total. The number of ketones is 1. The molecule has 0 spiro atoms. The average Bonchev–Trinajstić information content (AvgIpc) is 2.98. The van der Waals surface area contributed by atoms with Gasteiger partial charge in [-0.25, -0.2) is 0 Å². The molecule has 2 aromatic rings. The monoisotopic (exact) mass is 298 g/mol. The fourth-order valence-corrected chi connectivity index (χ4v) is 2.89. The molecule has 4 nitrogen and oxygen atoms in total. The third kappa shape index (κ3) is 3.07. The van der Waals surface area contributed by atoms with Gasteiger partial charge in [0.05, 0.1) is 0 Å². The van der Waals surface area contributed by atoms with Gasteiger partial charge in [0.25, 0.3) is 0 Å². The molecule has 1 heterocycles. The van der Waals surface area contributed by atoms with Crippen molar-refractivity contribution in [3.05, 3.63) is 47.8 Å². The Bertz CT molecular complexity index is 644. The summed E-state index contributed by atoms with van der Waals surface area (Å²) in [6.07, 6.45) is 4.58. The van der Waals surface area contributed by atoms with E-state index in [9.17, 15) is 4.79 Å². The number of benzene rings is 1. The summed E-state index contributed by atoms with van der Waals surface area (Å²) in [4.78, 5) is 11.9. The van der Waals surface area contributed by atoms with Gasteiger partial charge in [-0.05, 0) is 49.7 Å². The van der Waals surface area contributed by atoms with Gasteiger partial charge in [0.1, 0.15) is 12.4 Å². The minimum Gasteiger partial charge on any atom is -0.492 e. The minimum absolute atomic E-state index is 0.267. The molecule has 22 heavy (non-hydrogen) atoms. The van der Waals surface area contributed by atoms with Gasteiger partial charge in [0, 0.05) is 36.1 Å². The SMILES string of the molecule is CCNCCOc1ccc(-n2ccc3c2CCCC3=O)cc1. The lowest BCUT2D eigenvalue weighted by molar-refractivity contribution is 0.0972. The van der Waals surface area contributed by atoms with Crippen molar-refractivity contribution in [2.45, 2.75) is 26.2 Å². The smallest absolute Gasteiger partial charge is 0.164 e. The highest BCUT2D eigenvalue weighted by molar-refractivity contribution is 5.98. The summed E-state index contributed by atoms with van der Waals surface area (Å²) < 4.78 is 7.80. The number of fused-ring (bicyclic) bond motifs is 1. The van der Waals surface area contributed by atoms with Crippen LogP contribution in [-0.2, 0) is 6.42 Å². The van der Waals surface area contributed by atoms with Gasteiger partial charge in [0.15, 0.2) is 5.78 Å². The summed E-state index contributed by atoms with van der Waals surface area (Å²) in [6.45, 7) is 4.56. The van der Waals surface area contributed by atoms with E-state index in [0.717, 1.165) is 48.6 Å². The van der Waals surface area contributed by atoms with Crippen LogP contribution in [0.15, 0.2) is 36.5 Å². The summed E-state index contributed by atoms with van der Waals surface area (Å²) in [7, 11) is 0. The molecular weight excluding hydrogens is 276 g/mol. The second-order valence-electron chi connectivity index (χ2n) is 5.52. The summed E-state index contributed by atoms with van der Waals surface area (Å²) >= 11 is 0. The van der Waals surface area contributed by atoms with Crippen LogP contribution in [0.1, 0.15) is 35.8 Å². The molecule has 1 aromatic carbocycles. The van der Waals surface area contributed by atoms with Crippen molar-refractivity contribution >= 4 is 5.78 Å². The highest BCUT2D eigenvalue weighted by Gasteiger charge is 2.20. The van der Waals surface area contributed by atoms with Crippen molar-refractivity contribution in [1.82, 2.24) is 9.88 Å². The zero-order chi connectivity index (χ0) is 15.4. The van der Waals surface area contributed by atoms with Crippen molar-refractivity contribution in [3.8, 4) is 11.4 Å². The molecule has 0 radical (unpaired) electrons. The molecule has 0 aliphatic heterocycles. The number of carbonyl (C=O) groups is 1. The van der Waals surface area contributed by atoms with E-state index in [0.29, 0.717) is 13.0 Å². The van der Waals surface area contributed by atoms with Crippen LogP contribution in [0, 0.1) is 0 Å². The van der Waals surface area contributed by atoms with E-state index in [1.807, 2.05) is 36.5 Å². The molecule has 1 aliphatic carbocycles. The molecule has 0 amide bonds. The highest BCUT2D eigenvalue weighted by Crippen LogP contribution is 2.26. The van der Waals surface area contributed by atoms with E-state index in [2.05, 4.69) is 16.8 Å². The van der Waals surface area contributed by atoms with Crippen LogP contribution in [0.3, 0.4) is 0 Å². The van der Waals surface area contributed by atoms with Crippen LogP contribution in [0.4, 0.5) is 0 Å². The quantitative estimate of drug-likeness (QED) is 0.834. The van der Waals surface area contributed by atoms with Gasteiger partial charge < -0.3 is 14.6 Å². The second kappa shape index (κ2) is 6.79. The van der Waals surface area contributed by atoms with Gasteiger partial charge in [0.2, 0.25) is 0 Å². The fourth-order valence-electron chi connectivity index (χ4n) is 2.89. The molecular formula is C18H22N2O2. The lowest BCUT2D eigenvalue weighted by atomic mass is 9.97. The molecule has 0 fully saturated rings. The first-order valence-electron chi connectivity index (χ1n) is 7.97. The van der Waals surface area contributed by atoms with Crippen LogP contribution in [0.2, 0.25) is 0 Å². The van der Waals surface area contributed by atoms with Crippen molar-refractivity contribution < 1.29 is 9.53 Å². The zero-order valence-corrected chi connectivity index (χ0v) is 13.0. The number of Topliss-reactive ketones (excluding diaryl/α,β-unsaturated/α-hetero) is 1. The van der Waals surface area contributed by atoms with E-state index in [1.165, 1.54) is 0 Å². The topological polar surface area (TPSA) is 43.3 Å². The van der Waals surface area contributed by atoms with E-state index < -0.39 is 0 Å². The number of carbonyl (C=O) groups excluding carboxylic acids is 1. The standard InChI is InChI=1S/C18H22N2O2/c1-2-19-11-13-22-15-8-6-14(7-9-15)20-12-10-16-17(20)4-3-5-18(16)21/h6-10,12,19H,2-5,11,13H2,1H3. The van der Waals surface area contributed by atoms with Crippen LogP contribution < -0.4 is 10.1 Å². The van der Waals surface area contributed by atoms with E-state index in [1.54, 1.807) is 0 Å². The average molecular weight is 298 g/mol. The predicted octanol–water partition coefficient (Wildman–Crippen LogP) is 2.98. The maximum absolute atomic E-state index is 11.9. The summed E-state index contributed by atoms with van der Waals surface area (Å²) in [5.41, 5.74) is 3.10. The Morgan fingerprint density at radius 2 is 2.00 bits per heavy atom. The Morgan fingerprint density at radius 1 is 1.18 bits per heavy atom. The Hall–Kier alpha value is -2.07. The largest absolute Gasteiger partial charge is 0.492 e. The van der Waals surface area contributed by atoms with E-state index >= 15 is 0 Å². The lowest BCUT2D eigenvalue weighted by Gasteiger charge is -2.15. The number of rotatable bonds is 6. The molecule has 0 atom stereocenters. The van der Waals surface area contributed by atoms with Gasteiger partial charge in [-0.15, -0.1) is 0 Å². The molecule has 0 saturated carbocycles. The van der Waals surface area contributed by atoms with Gasteiger partial charge >= 0.3 is 0 Å². The molecule has 4 heteroatoms. The van der Waals surface area contributed by atoms with Gasteiger partial charge in [-0.2, -0.15) is 0 Å². The van der Waals surface area contributed by atoms with Crippen molar-refractivity contribution in [1.29, 1.82) is 0 Å². The predicted molar refractivity (Wildman–Crippen MR) is 87.1 cm³/mol. The molecule has 0 unspecified atom stereocenters. The Labute approximate surface area is 131 Å². The lowest BCUT2D eigenvalue weighted by Crippen LogP contribution is -2.20. The number of ether oxygens (including phenoxy) is 1. The van der Waals surface area contributed by atoms with Crippen LogP contribution in [0.5, 0.6) is 5.75 Å². The molecule has 1 aliphatic rings. The number of hydrogen-bond acceptors (Lipinski definition) is 3. The molecule has 3 rings (SSSR count). The number of likely N-dealkylation sites (N-methyl/N-ethyl adjacent to an activating group) is 1. The molecule has 0 bridgehead atoms. The summed E-state index contributed by atoms with van der Waals surface area (Å²) in [5.74, 6) is 1.14. The van der Waals surface area contributed by atoms with E-state index in [4.69, 9.17) is 4.74 Å². The van der Waals surface area contributed by atoms with Crippen LogP contribution in [-0.4, -0.2) is 30.0 Å². The maximum Gasteiger partial charge on any atom is 0.164 e. The zero-order valence-electron chi connectivity index (χ0n) is 13.0. The number of hydrogen-bond donors (Lipinski definition) is 1. The normalized spacial score (nSPS) is 14.0. The first kappa shape index (κ1) is 14.9. The Balaban J connectivity index is 1.72. The number of nitrogens with zero attached hydrogens (tertiary/aromatic N) is 1. The molecule has 1 aromatic heterocycles. The first-order chi connectivity index (χ1) is 10.8. The van der Waals surface area contributed by atoms with E-state index in [-0.39, 0.29) is 5.78 Å². The van der Waals surface area contributed by atoms with Gasteiger partial charge in [-0.3, -0.25) is 4.79 Å². The summed E-state index contributed by atoms with van der Waals surface area (Å²) in [5, 5.41) is 3.23. The van der Waals surface area contributed by atoms with Crippen molar-refractivity contribution in [2.24, 2.45) is 0 Å². The van der Waals surface area contributed by atoms with Gasteiger partial charge in [-0.1, -0.05) is 6.92 Å². The van der Waals surface area contributed by atoms with Crippen LogP contribution in [0.25, 0.3) is 5.69 Å². The second-order valence-corrected chi connectivity index (χ2v) is 5.52. The summed E-state index contributed by atoms with van der Waals surface area (Å²) in [6, 6.07) is 10.00. The van der Waals surface area contributed by atoms with Crippen molar-refractivity contribution in [3.63, 3.8) is 0 Å². The number of aromatic nitrogens is 1. The third-order valence-corrected chi connectivity index (χ3v) is 4.02. The Morgan fingerprint density at radius 3 is 2.77 bits per heavy atom. The fraction of sp³-hybridized carbons (Fsp3) is 0.389. The minimum atomic E-state index is 0.267. The number of nitrogens with one attached hydrogen (secondary N) is 1. The maximum atomic E-state index is 11.9. The molecule has 0 saturated heterocycles. The van der Waals surface area contributed by atoms with Crippen LogP contribution >= 0.6 is 0 Å². The third-order valence-electron chi connectivity index (χ3n) is 4.02. The first-order valence-corrected chi connectivity index (χ1v) is 7.97. The van der Waals surface area contributed by atoms with Crippen molar-refractivity contribution in [2.75, 3.05) is 19.7 Å². The highest BCUT2D eigenvalue weighted by atomic mass is 16.5.